The molecule has 0 spiro atoms. The number of benzene rings is 2. The third kappa shape index (κ3) is 5.02. The molecule has 0 saturated heterocycles. The molecule has 0 aliphatic rings. The topological polar surface area (TPSA) is 65.4 Å². The van der Waals surface area contributed by atoms with E-state index in [9.17, 15) is 4.79 Å². The molecular weight excluding hydrogens is 413 g/mol. The molecule has 1 unspecified atom stereocenters. The molecular formula is C21H21Cl2N3O3. The van der Waals surface area contributed by atoms with Gasteiger partial charge >= 0.3 is 0 Å². The van der Waals surface area contributed by atoms with E-state index < -0.39 is 6.04 Å². The van der Waals surface area contributed by atoms with Crippen LogP contribution in [-0.2, 0) is 18.3 Å². The summed E-state index contributed by atoms with van der Waals surface area (Å²) in [5.41, 5.74) is 1.55. The van der Waals surface area contributed by atoms with Gasteiger partial charge in [0.25, 0.3) is 0 Å². The molecule has 1 atom stereocenters. The van der Waals surface area contributed by atoms with Gasteiger partial charge in [-0.05, 0) is 35.4 Å². The van der Waals surface area contributed by atoms with Gasteiger partial charge in [-0.3, -0.25) is 4.79 Å². The number of amides is 1. The normalized spacial score (nSPS) is 11.8. The van der Waals surface area contributed by atoms with Crippen LogP contribution >= 0.6 is 23.2 Å². The molecule has 0 saturated carbocycles. The zero-order chi connectivity index (χ0) is 21.0. The van der Waals surface area contributed by atoms with Crippen LogP contribution in [0.3, 0.4) is 0 Å². The Morgan fingerprint density at radius 3 is 2.34 bits per heavy atom. The van der Waals surface area contributed by atoms with E-state index in [1.165, 1.54) is 0 Å². The molecule has 0 aliphatic carbocycles. The number of halogens is 2. The van der Waals surface area contributed by atoms with E-state index in [0.29, 0.717) is 27.4 Å². The molecule has 0 fully saturated rings. The van der Waals surface area contributed by atoms with Gasteiger partial charge in [-0.15, -0.1) is 0 Å². The van der Waals surface area contributed by atoms with Gasteiger partial charge in [0.15, 0.2) is 0 Å². The fraction of sp³-hybridized carbons (Fsp3) is 0.238. The summed E-state index contributed by atoms with van der Waals surface area (Å²) in [6.07, 6.45) is 3.66. The number of ether oxygens (including phenoxy) is 2. The second-order valence-corrected chi connectivity index (χ2v) is 7.28. The Kier molecular flexibility index (Phi) is 6.67. The van der Waals surface area contributed by atoms with Crippen LogP contribution < -0.4 is 14.8 Å². The highest BCUT2D eigenvalue weighted by Gasteiger charge is 2.22. The van der Waals surface area contributed by atoms with Crippen molar-refractivity contribution in [2.24, 2.45) is 7.05 Å². The van der Waals surface area contributed by atoms with Gasteiger partial charge in [0.05, 0.1) is 30.7 Å². The van der Waals surface area contributed by atoms with Crippen molar-refractivity contribution in [3.8, 4) is 11.5 Å². The van der Waals surface area contributed by atoms with Crippen LogP contribution in [0.5, 0.6) is 11.5 Å². The molecule has 0 bridgehead atoms. The Bertz CT molecular complexity index is 998. The number of aryl methyl sites for hydroxylation is 1. The van der Waals surface area contributed by atoms with E-state index in [2.05, 4.69) is 10.3 Å². The number of methoxy groups -OCH3 is 2. The lowest BCUT2D eigenvalue weighted by Gasteiger charge is -2.20. The van der Waals surface area contributed by atoms with Crippen LogP contribution in [-0.4, -0.2) is 29.7 Å². The Morgan fingerprint density at radius 2 is 1.79 bits per heavy atom. The molecule has 2 aromatic carbocycles. The molecule has 29 heavy (non-hydrogen) atoms. The zero-order valence-electron chi connectivity index (χ0n) is 16.3. The molecule has 3 aromatic rings. The maximum atomic E-state index is 12.8. The quantitative estimate of drug-likeness (QED) is 0.606. The molecule has 1 heterocycles. The smallest absolute Gasteiger partial charge is 0.225 e. The van der Waals surface area contributed by atoms with Crippen LogP contribution in [0.25, 0.3) is 0 Å². The Morgan fingerprint density at radius 1 is 1.10 bits per heavy atom. The predicted molar refractivity (Wildman–Crippen MR) is 113 cm³/mol. The number of hydrogen-bond acceptors (Lipinski definition) is 4. The van der Waals surface area contributed by atoms with Gasteiger partial charge < -0.3 is 19.4 Å². The van der Waals surface area contributed by atoms with Crippen molar-refractivity contribution in [1.29, 1.82) is 0 Å². The van der Waals surface area contributed by atoms with Crippen molar-refractivity contribution in [1.82, 2.24) is 14.9 Å². The highest BCUT2D eigenvalue weighted by atomic mass is 35.5. The second kappa shape index (κ2) is 9.20. The highest BCUT2D eigenvalue weighted by molar-refractivity contribution is 6.42. The number of nitrogens with zero attached hydrogens (tertiary/aromatic N) is 2. The summed E-state index contributed by atoms with van der Waals surface area (Å²) in [7, 11) is 5.03. The lowest BCUT2D eigenvalue weighted by atomic mass is 10.0. The number of rotatable bonds is 7. The highest BCUT2D eigenvalue weighted by Crippen LogP contribution is 2.30. The standard InChI is InChI=1S/C21H21Cl2N3O3/c1-26-7-6-24-21(26)20(14-10-15(28-2)12-16(11-14)29-3)25-19(27)9-13-4-5-17(22)18(23)8-13/h4-8,10-12,20H,9H2,1-3H3,(H,25,27). The van der Waals surface area contributed by atoms with Gasteiger partial charge in [0, 0.05) is 25.5 Å². The summed E-state index contributed by atoms with van der Waals surface area (Å²) in [4.78, 5) is 17.2. The summed E-state index contributed by atoms with van der Waals surface area (Å²) in [6.45, 7) is 0. The SMILES string of the molecule is COc1cc(OC)cc(C(NC(=O)Cc2ccc(Cl)c(Cl)c2)c2nccn2C)c1. The van der Waals surface area contributed by atoms with E-state index in [0.717, 1.165) is 11.1 Å². The fourth-order valence-corrected chi connectivity index (χ4v) is 3.32. The third-order valence-corrected chi connectivity index (χ3v) is 5.22. The first kappa shape index (κ1) is 21.0. The first-order valence-corrected chi connectivity index (χ1v) is 9.60. The first-order chi connectivity index (χ1) is 13.9. The molecule has 152 valence electrons. The average Bonchev–Trinajstić information content (AvgIpc) is 3.14. The number of carbonyl (C=O) groups excluding carboxylic acids is 1. The first-order valence-electron chi connectivity index (χ1n) is 8.84. The maximum Gasteiger partial charge on any atom is 0.225 e. The van der Waals surface area contributed by atoms with Crippen molar-refractivity contribution in [3.63, 3.8) is 0 Å². The Labute approximate surface area is 179 Å². The lowest BCUT2D eigenvalue weighted by molar-refractivity contribution is -0.121. The van der Waals surface area contributed by atoms with Crippen LogP contribution in [0.15, 0.2) is 48.8 Å². The predicted octanol–water partition coefficient (Wildman–Crippen LogP) is 4.19. The summed E-state index contributed by atoms with van der Waals surface area (Å²) in [5, 5.41) is 3.91. The van der Waals surface area contributed by atoms with E-state index in [1.807, 2.05) is 29.9 Å². The maximum absolute atomic E-state index is 12.8. The molecule has 1 aromatic heterocycles. The molecule has 1 amide bonds. The van der Waals surface area contributed by atoms with Crippen molar-refractivity contribution in [2.45, 2.75) is 12.5 Å². The Hall–Kier alpha value is -2.70. The van der Waals surface area contributed by atoms with Crippen molar-refractivity contribution in [2.75, 3.05) is 14.2 Å². The number of nitrogens with one attached hydrogen (secondary N) is 1. The number of carbonyl (C=O) groups is 1. The summed E-state index contributed by atoms with van der Waals surface area (Å²) >= 11 is 12.0. The van der Waals surface area contributed by atoms with E-state index >= 15 is 0 Å². The second-order valence-electron chi connectivity index (χ2n) is 6.47. The third-order valence-electron chi connectivity index (χ3n) is 4.48. The minimum absolute atomic E-state index is 0.152. The minimum atomic E-state index is -0.491. The van der Waals surface area contributed by atoms with Crippen molar-refractivity contribution >= 4 is 29.1 Å². The zero-order valence-corrected chi connectivity index (χ0v) is 17.8. The van der Waals surface area contributed by atoms with Crippen LogP contribution in [0.1, 0.15) is 23.0 Å². The van der Waals surface area contributed by atoms with Gasteiger partial charge in [-0.1, -0.05) is 29.3 Å². The monoisotopic (exact) mass is 433 g/mol. The number of imidazole rings is 1. The van der Waals surface area contributed by atoms with Crippen LogP contribution in [0.2, 0.25) is 10.0 Å². The molecule has 8 heteroatoms. The van der Waals surface area contributed by atoms with Crippen molar-refractivity contribution < 1.29 is 14.3 Å². The van der Waals surface area contributed by atoms with E-state index in [1.54, 1.807) is 44.7 Å². The van der Waals surface area contributed by atoms with Crippen LogP contribution in [0.4, 0.5) is 0 Å². The Balaban J connectivity index is 1.91. The van der Waals surface area contributed by atoms with E-state index in [-0.39, 0.29) is 12.3 Å². The molecule has 6 nitrogen and oxygen atoms in total. The summed E-state index contributed by atoms with van der Waals surface area (Å²) < 4.78 is 12.6. The summed E-state index contributed by atoms with van der Waals surface area (Å²) in [5.74, 6) is 1.75. The van der Waals surface area contributed by atoms with Gasteiger partial charge in [0.1, 0.15) is 23.4 Å². The number of hydrogen-bond donors (Lipinski definition) is 1. The molecule has 3 rings (SSSR count). The largest absolute Gasteiger partial charge is 0.497 e. The van der Waals surface area contributed by atoms with Gasteiger partial charge in [-0.2, -0.15) is 0 Å². The van der Waals surface area contributed by atoms with Gasteiger partial charge in [0.2, 0.25) is 5.91 Å². The van der Waals surface area contributed by atoms with Gasteiger partial charge in [-0.25, -0.2) is 4.98 Å². The van der Waals surface area contributed by atoms with Crippen molar-refractivity contribution in [3.05, 3.63) is 75.8 Å². The van der Waals surface area contributed by atoms with Crippen LogP contribution in [0, 0.1) is 0 Å². The van der Waals surface area contributed by atoms with E-state index in [4.69, 9.17) is 32.7 Å². The molecule has 0 radical (unpaired) electrons. The fourth-order valence-electron chi connectivity index (χ4n) is 3.00. The average molecular weight is 434 g/mol. The minimum Gasteiger partial charge on any atom is -0.497 e. The molecule has 1 N–H and O–H groups in total. The number of aromatic nitrogens is 2. The summed E-state index contributed by atoms with van der Waals surface area (Å²) in [6, 6.07) is 10.1. The lowest BCUT2D eigenvalue weighted by Crippen LogP contribution is -2.32. The molecule has 0 aliphatic heterocycles.